The lowest BCUT2D eigenvalue weighted by Crippen LogP contribution is -2.25. The van der Waals surface area contributed by atoms with Crippen LogP contribution in [0.2, 0.25) is 0 Å². The zero-order valence-electron chi connectivity index (χ0n) is 12.0. The number of fused-ring (bicyclic) bond motifs is 1. The van der Waals surface area contributed by atoms with E-state index in [0.29, 0.717) is 6.54 Å². The van der Waals surface area contributed by atoms with Crippen LogP contribution in [0.1, 0.15) is 6.42 Å². The molecule has 1 aromatic heterocycles. The second kappa shape index (κ2) is 4.83. The maximum Gasteiger partial charge on any atom is 0.266 e. The minimum atomic E-state index is -2.59. The topological polar surface area (TPSA) is 19.0 Å². The zero-order chi connectivity index (χ0) is 15.2. The smallest absolute Gasteiger partial charge is 0.266 e. The number of rotatable bonds is 2. The molecule has 0 spiro atoms. The first-order chi connectivity index (χ1) is 10.6. The number of aromatic nitrogens is 1. The van der Waals surface area contributed by atoms with Crippen molar-refractivity contribution in [3.05, 3.63) is 54.6 Å². The molecule has 22 heavy (non-hydrogen) atoms. The molecule has 1 saturated heterocycles. The van der Waals surface area contributed by atoms with Crippen LogP contribution in [0.25, 0.3) is 22.2 Å². The first-order valence-electron chi connectivity index (χ1n) is 7.42. The Hall–Kier alpha value is -2.36. The van der Waals surface area contributed by atoms with Gasteiger partial charge in [0.25, 0.3) is 5.92 Å². The van der Waals surface area contributed by atoms with E-state index in [1.54, 1.807) is 4.90 Å². The molecule has 1 aliphatic heterocycles. The van der Waals surface area contributed by atoms with E-state index in [4.69, 9.17) is 0 Å². The van der Waals surface area contributed by atoms with Crippen LogP contribution >= 0.6 is 0 Å². The van der Waals surface area contributed by atoms with Gasteiger partial charge in [-0.25, -0.2) is 8.78 Å². The van der Waals surface area contributed by atoms with Crippen LogP contribution in [0.4, 0.5) is 14.5 Å². The van der Waals surface area contributed by atoms with Crippen molar-refractivity contribution >= 4 is 16.6 Å². The summed E-state index contributed by atoms with van der Waals surface area (Å²) in [5.41, 5.74) is 3.86. The highest BCUT2D eigenvalue weighted by molar-refractivity contribution is 5.89. The zero-order valence-corrected chi connectivity index (χ0v) is 12.0. The van der Waals surface area contributed by atoms with E-state index >= 15 is 0 Å². The van der Waals surface area contributed by atoms with Crippen molar-refractivity contribution in [2.75, 3.05) is 18.0 Å². The molecule has 1 N–H and O–H groups in total. The first-order valence-corrected chi connectivity index (χ1v) is 7.42. The van der Waals surface area contributed by atoms with E-state index in [2.05, 4.69) is 11.1 Å². The quantitative estimate of drug-likeness (QED) is 0.728. The van der Waals surface area contributed by atoms with Gasteiger partial charge in [-0.3, -0.25) is 0 Å². The van der Waals surface area contributed by atoms with Gasteiger partial charge in [0.15, 0.2) is 0 Å². The second-order valence-corrected chi connectivity index (χ2v) is 5.81. The van der Waals surface area contributed by atoms with Crippen LogP contribution in [0.5, 0.6) is 0 Å². The van der Waals surface area contributed by atoms with Crippen molar-refractivity contribution in [3.8, 4) is 11.3 Å². The maximum absolute atomic E-state index is 13.5. The van der Waals surface area contributed by atoms with E-state index in [-0.39, 0.29) is 13.0 Å². The molecular weight excluding hydrogens is 282 g/mol. The predicted octanol–water partition coefficient (Wildman–Crippen LogP) is 4.68. The van der Waals surface area contributed by atoms with Crippen molar-refractivity contribution in [3.63, 3.8) is 0 Å². The van der Waals surface area contributed by atoms with Crippen molar-refractivity contribution in [1.82, 2.24) is 4.98 Å². The monoisotopic (exact) mass is 298 g/mol. The predicted molar refractivity (Wildman–Crippen MR) is 85.5 cm³/mol. The Kier molecular flexibility index (Phi) is 2.93. The Morgan fingerprint density at radius 3 is 2.55 bits per heavy atom. The number of hydrogen-bond donors (Lipinski definition) is 1. The number of alkyl halides is 2. The van der Waals surface area contributed by atoms with Gasteiger partial charge in [-0.1, -0.05) is 36.4 Å². The number of para-hydroxylation sites is 2. The van der Waals surface area contributed by atoms with E-state index in [0.717, 1.165) is 27.8 Å². The third kappa shape index (κ3) is 2.25. The van der Waals surface area contributed by atoms with Crippen LogP contribution in [0.3, 0.4) is 0 Å². The summed E-state index contributed by atoms with van der Waals surface area (Å²) in [7, 11) is 0. The molecule has 2 nitrogen and oxygen atoms in total. The third-order valence-corrected chi connectivity index (χ3v) is 4.23. The van der Waals surface area contributed by atoms with Gasteiger partial charge in [-0.2, -0.15) is 0 Å². The number of benzene rings is 2. The van der Waals surface area contributed by atoms with Gasteiger partial charge >= 0.3 is 0 Å². The van der Waals surface area contributed by atoms with Crippen molar-refractivity contribution < 1.29 is 8.78 Å². The molecule has 0 aliphatic carbocycles. The lowest BCUT2D eigenvalue weighted by atomic mass is 10.1. The average molecular weight is 298 g/mol. The van der Waals surface area contributed by atoms with Gasteiger partial charge in [0.05, 0.1) is 6.54 Å². The fraction of sp³-hybridized carbons (Fsp3) is 0.222. The molecule has 0 unspecified atom stereocenters. The van der Waals surface area contributed by atoms with E-state index in [1.165, 1.54) is 0 Å². The van der Waals surface area contributed by atoms with Crippen molar-refractivity contribution in [2.45, 2.75) is 12.3 Å². The number of aromatic amines is 1. The van der Waals surface area contributed by atoms with E-state index in [1.807, 2.05) is 48.5 Å². The summed E-state index contributed by atoms with van der Waals surface area (Å²) in [5.74, 6) is -2.59. The summed E-state index contributed by atoms with van der Waals surface area (Å²) in [6.07, 6.45) is -0.0754. The summed E-state index contributed by atoms with van der Waals surface area (Å²) in [6, 6.07) is 17.9. The SMILES string of the molecule is FC1(F)CCN(c2ccccc2-c2cc3ccccc3[nH]2)C1. The summed E-state index contributed by atoms with van der Waals surface area (Å²) >= 11 is 0. The molecule has 0 atom stereocenters. The molecule has 112 valence electrons. The highest BCUT2D eigenvalue weighted by Gasteiger charge is 2.38. The molecule has 1 fully saturated rings. The number of H-pyrrole nitrogens is 1. The molecule has 2 heterocycles. The highest BCUT2D eigenvalue weighted by atomic mass is 19.3. The fourth-order valence-corrected chi connectivity index (χ4v) is 3.14. The summed E-state index contributed by atoms with van der Waals surface area (Å²) in [4.78, 5) is 5.16. The number of nitrogens with one attached hydrogen (secondary N) is 1. The van der Waals surface area contributed by atoms with Gasteiger partial charge in [0.1, 0.15) is 0 Å². The molecule has 0 amide bonds. The maximum atomic E-state index is 13.5. The molecule has 0 radical (unpaired) electrons. The lowest BCUT2D eigenvalue weighted by molar-refractivity contribution is 0.0257. The summed E-state index contributed by atoms with van der Waals surface area (Å²) in [5, 5.41) is 1.12. The fourth-order valence-electron chi connectivity index (χ4n) is 3.14. The molecular formula is C18H16F2N2. The standard InChI is InChI=1S/C18H16F2N2/c19-18(20)9-10-22(12-18)17-8-4-2-6-14(17)16-11-13-5-1-3-7-15(13)21-16/h1-8,11,21H,9-10,12H2. The molecule has 4 rings (SSSR count). The first kappa shape index (κ1) is 13.3. The number of anilines is 1. The summed E-state index contributed by atoms with van der Waals surface area (Å²) < 4.78 is 27.1. The molecule has 4 heteroatoms. The molecule has 1 aliphatic rings. The Labute approximate surface area is 127 Å². The molecule has 0 saturated carbocycles. The Balaban J connectivity index is 1.79. The Bertz CT molecular complexity index is 790. The van der Waals surface area contributed by atoms with Crippen LogP contribution in [-0.4, -0.2) is 24.0 Å². The van der Waals surface area contributed by atoms with Gasteiger partial charge < -0.3 is 9.88 Å². The number of hydrogen-bond acceptors (Lipinski definition) is 1. The van der Waals surface area contributed by atoms with E-state index < -0.39 is 5.92 Å². The number of halogens is 2. The van der Waals surface area contributed by atoms with Gasteiger partial charge in [0.2, 0.25) is 0 Å². The van der Waals surface area contributed by atoms with Crippen molar-refractivity contribution in [2.24, 2.45) is 0 Å². The Morgan fingerprint density at radius 2 is 1.77 bits per heavy atom. The van der Waals surface area contributed by atoms with Gasteiger partial charge in [-0.15, -0.1) is 0 Å². The molecule has 3 aromatic rings. The lowest BCUT2D eigenvalue weighted by Gasteiger charge is -2.21. The third-order valence-electron chi connectivity index (χ3n) is 4.23. The molecule has 2 aromatic carbocycles. The van der Waals surface area contributed by atoms with Crippen LogP contribution < -0.4 is 4.90 Å². The van der Waals surface area contributed by atoms with Crippen LogP contribution in [-0.2, 0) is 0 Å². The van der Waals surface area contributed by atoms with Crippen LogP contribution in [0, 0.1) is 0 Å². The summed E-state index contributed by atoms with van der Waals surface area (Å²) in [6.45, 7) is 0.189. The highest BCUT2D eigenvalue weighted by Crippen LogP contribution is 2.37. The molecule has 0 bridgehead atoms. The van der Waals surface area contributed by atoms with Crippen molar-refractivity contribution in [1.29, 1.82) is 0 Å². The minimum absolute atomic E-state index is 0.0754. The minimum Gasteiger partial charge on any atom is -0.365 e. The van der Waals surface area contributed by atoms with E-state index in [9.17, 15) is 8.78 Å². The van der Waals surface area contributed by atoms with Gasteiger partial charge in [0, 0.05) is 40.8 Å². The largest absolute Gasteiger partial charge is 0.365 e. The number of nitrogens with zero attached hydrogens (tertiary/aromatic N) is 1. The second-order valence-electron chi connectivity index (χ2n) is 5.81. The van der Waals surface area contributed by atoms with Crippen LogP contribution in [0.15, 0.2) is 54.6 Å². The normalized spacial score (nSPS) is 17.3. The Morgan fingerprint density at radius 1 is 1.00 bits per heavy atom. The average Bonchev–Trinajstić information content (AvgIpc) is 3.10. The van der Waals surface area contributed by atoms with Gasteiger partial charge in [-0.05, 0) is 18.2 Å².